The average Bonchev–Trinajstić information content (AvgIpc) is 2.33. The summed E-state index contributed by atoms with van der Waals surface area (Å²) in [6, 6.07) is 8.41. The zero-order valence-corrected chi connectivity index (χ0v) is 12.0. The molecule has 0 radical (unpaired) electrons. The molecule has 1 aromatic carbocycles. The van der Waals surface area contributed by atoms with Crippen LogP contribution < -0.4 is 10.1 Å². The van der Waals surface area contributed by atoms with Gasteiger partial charge in [0.15, 0.2) is 0 Å². The first-order valence-electron chi connectivity index (χ1n) is 6.30. The summed E-state index contributed by atoms with van der Waals surface area (Å²) in [4.78, 5) is 0. The van der Waals surface area contributed by atoms with E-state index in [4.69, 9.17) is 4.74 Å². The fraction of sp³-hybridized carbons (Fsp3) is 0.500. The molecule has 1 aromatic rings. The number of benzene rings is 1. The highest BCUT2D eigenvalue weighted by Crippen LogP contribution is 2.16. The van der Waals surface area contributed by atoms with E-state index in [-0.39, 0.29) is 5.41 Å². The second-order valence-electron chi connectivity index (χ2n) is 5.43. The molecule has 0 aromatic heterocycles. The maximum absolute atomic E-state index is 5.14. The van der Waals surface area contributed by atoms with Gasteiger partial charge in [-0.15, -0.1) is 0 Å². The Morgan fingerprint density at radius 2 is 1.83 bits per heavy atom. The number of rotatable bonds is 4. The van der Waals surface area contributed by atoms with Gasteiger partial charge in [0.2, 0.25) is 0 Å². The summed E-state index contributed by atoms with van der Waals surface area (Å²) in [7, 11) is 1.68. The SMILES string of the molecule is COc1ccc([C@@H](C)NCC#CC(C)(C)C)cc1. The van der Waals surface area contributed by atoms with E-state index in [1.165, 1.54) is 5.56 Å². The molecule has 0 aliphatic carbocycles. The van der Waals surface area contributed by atoms with Crippen LogP contribution in [0.4, 0.5) is 0 Å². The molecule has 0 heterocycles. The van der Waals surface area contributed by atoms with Crippen LogP contribution in [0.5, 0.6) is 5.75 Å². The molecular weight excluding hydrogens is 222 g/mol. The fourth-order valence-corrected chi connectivity index (χ4v) is 1.52. The Balaban J connectivity index is 2.49. The van der Waals surface area contributed by atoms with Crippen molar-refractivity contribution in [1.29, 1.82) is 0 Å². The predicted octanol–water partition coefficient (Wildman–Crippen LogP) is 3.40. The minimum Gasteiger partial charge on any atom is -0.497 e. The molecule has 18 heavy (non-hydrogen) atoms. The van der Waals surface area contributed by atoms with Gasteiger partial charge in [0, 0.05) is 11.5 Å². The lowest BCUT2D eigenvalue weighted by molar-refractivity contribution is 0.414. The highest BCUT2D eigenvalue weighted by Gasteiger charge is 2.05. The third kappa shape index (κ3) is 5.25. The molecule has 0 saturated heterocycles. The topological polar surface area (TPSA) is 21.3 Å². The molecule has 1 atom stereocenters. The van der Waals surface area contributed by atoms with E-state index in [9.17, 15) is 0 Å². The van der Waals surface area contributed by atoms with Gasteiger partial charge in [0.1, 0.15) is 5.75 Å². The van der Waals surface area contributed by atoms with E-state index in [1.54, 1.807) is 7.11 Å². The third-order valence-corrected chi connectivity index (χ3v) is 2.58. The third-order valence-electron chi connectivity index (χ3n) is 2.58. The number of nitrogens with one attached hydrogen (secondary N) is 1. The van der Waals surface area contributed by atoms with Crippen molar-refractivity contribution in [3.8, 4) is 17.6 Å². The lowest BCUT2D eigenvalue weighted by Crippen LogP contribution is -2.19. The van der Waals surface area contributed by atoms with Crippen molar-refractivity contribution in [1.82, 2.24) is 5.32 Å². The first-order chi connectivity index (χ1) is 8.42. The Hall–Kier alpha value is -1.46. The van der Waals surface area contributed by atoms with E-state index in [0.29, 0.717) is 12.6 Å². The Morgan fingerprint density at radius 3 is 2.33 bits per heavy atom. The summed E-state index contributed by atoms with van der Waals surface area (Å²) >= 11 is 0. The molecule has 0 spiro atoms. The normalized spacial score (nSPS) is 12.5. The highest BCUT2D eigenvalue weighted by molar-refractivity contribution is 5.28. The van der Waals surface area contributed by atoms with Gasteiger partial charge < -0.3 is 4.74 Å². The summed E-state index contributed by atoms with van der Waals surface area (Å²) in [5.74, 6) is 7.26. The van der Waals surface area contributed by atoms with Gasteiger partial charge in [-0.05, 0) is 45.4 Å². The molecule has 98 valence electrons. The molecule has 0 bridgehead atoms. The first-order valence-corrected chi connectivity index (χ1v) is 6.30. The molecule has 2 heteroatoms. The number of methoxy groups -OCH3 is 1. The summed E-state index contributed by atoms with van der Waals surface area (Å²) in [5, 5.41) is 3.39. The summed E-state index contributed by atoms with van der Waals surface area (Å²) < 4.78 is 5.14. The molecule has 1 N–H and O–H groups in total. The quantitative estimate of drug-likeness (QED) is 0.821. The lowest BCUT2D eigenvalue weighted by Gasteiger charge is -2.13. The van der Waals surface area contributed by atoms with Crippen molar-refractivity contribution in [2.75, 3.05) is 13.7 Å². The van der Waals surface area contributed by atoms with Crippen LogP contribution in [0, 0.1) is 17.3 Å². The van der Waals surface area contributed by atoms with E-state index in [2.05, 4.69) is 57.0 Å². The maximum Gasteiger partial charge on any atom is 0.118 e. The van der Waals surface area contributed by atoms with Gasteiger partial charge in [-0.3, -0.25) is 5.32 Å². The van der Waals surface area contributed by atoms with Crippen LogP contribution >= 0.6 is 0 Å². The standard InChI is InChI=1S/C16H23NO/c1-13(17-12-6-11-16(2,3)4)14-7-9-15(18-5)10-8-14/h7-10,13,17H,12H2,1-5H3/t13-/m1/s1. The molecule has 0 aliphatic heterocycles. The van der Waals surface area contributed by atoms with E-state index >= 15 is 0 Å². The molecule has 0 aliphatic rings. The van der Waals surface area contributed by atoms with Crippen molar-refractivity contribution in [2.45, 2.75) is 33.7 Å². The van der Waals surface area contributed by atoms with Crippen LogP contribution in [-0.2, 0) is 0 Å². The van der Waals surface area contributed by atoms with Gasteiger partial charge in [0.05, 0.1) is 13.7 Å². The fourth-order valence-electron chi connectivity index (χ4n) is 1.52. The van der Waals surface area contributed by atoms with Crippen LogP contribution in [0.25, 0.3) is 0 Å². The zero-order valence-electron chi connectivity index (χ0n) is 12.0. The van der Waals surface area contributed by atoms with Crippen molar-refractivity contribution in [3.63, 3.8) is 0 Å². The van der Waals surface area contributed by atoms with Crippen LogP contribution in [0.15, 0.2) is 24.3 Å². The highest BCUT2D eigenvalue weighted by atomic mass is 16.5. The van der Waals surface area contributed by atoms with Gasteiger partial charge in [-0.1, -0.05) is 24.0 Å². The van der Waals surface area contributed by atoms with E-state index < -0.39 is 0 Å². The minimum absolute atomic E-state index is 0.0744. The average molecular weight is 245 g/mol. The van der Waals surface area contributed by atoms with Gasteiger partial charge >= 0.3 is 0 Å². The second kappa shape index (κ2) is 6.47. The smallest absolute Gasteiger partial charge is 0.118 e. The summed E-state index contributed by atoms with van der Waals surface area (Å²) in [5.41, 5.74) is 1.32. The maximum atomic E-state index is 5.14. The minimum atomic E-state index is 0.0744. The Kier molecular flexibility index (Phi) is 5.25. The summed E-state index contributed by atoms with van der Waals surface area (Å²) in [6.07, 6.45) is 0. The van der Waals surface area contributed by atoms with Crippen LogP contribution in [0.1, 0.15) is 39.3 Å². The summed E-state index contributed by atoms with van der Waals surface area (Å²) in [6.45, 7) is 9.21. The molecule has 0 saturated carbocycles. The molecular formula is C16H23NO. The Labute approximate surface area is 111 Å². The predicted molar refractivity (Wildman–Crippen MR) is 76.6 cm³/mol. The van der Waals surface area contributed by atoms with Crippen LogP contribution in [0.3, 0.4) is 0 Å². The van der Waals surface area contributed by atoms with E-state index in [1.807, 2.05) is 12.1 Å². The number of hydrogen-bond donors (Lipinski definition) is 1. The molecule has 0 fully saturated rings. The number of ether oxygens (including phenoxy) is 1. The van der Waals surface area contributed by atoms with Crippen molar-refractivity contribution in [2.24, 2.45) is 5.41 Å². The zero-order chi connectivity index (χ0) is 13.6. The lowest BCUT2D eigenvalue weighted by atomic mass is 9.98. The molecule has 2 nitrogen and oxygen atoms in total. The van der Waals surface area contributed by atoms with Crippen LogP contribution in [-0.4, -0.2) is 13.7 Å². The molecule has 1 rings (SSSR count). The second-order valence-corrected chi connectivity index (χ2v) is 5.43. The van der Waals surface area contributed by atoms with Crippen molar-refractivity contribution < 1.29 is 4.74 Å². The molecule has 0 amide bonds. The van der Waals surface area contributed by atoms with Gasteiger partial charge in [0.25, 0.3) is 0 Å². The first kappa shape index (κ1) is 14.6. The monoisotopic (exact) mass is 245 g/mol. The van der Waals surface area contributed by atoms with Crippen molar-refractivity contribution >= 4 is 0 Å². The van der Waals surface area contributed by atoms with E-state index in [0.717, 1.165) is 5.75 Å². The van der Waals surface area contributed by atoms with Crippen LogP contribution in [0.2, 0.25) is 0 Å². The Bertz CT molecular complexity index is 417. The largest absolute Gasteiger partial charge is 0.497 e. The molecule has 0 unspecified atom stereocenters. The van der Waals surface area contributed by atoms with Gasteiger partial charge in [-0.2, -0.15) is 0 Å². The Morgan fingerprint density at radius 1 is 1.22 bits per heavy atom. The van der Waals surface area contributed by atoms with Gasteiger partial charge in [-0.25, -0.2) is 0 Å². The van der Waals surface area contributed by atoms with Crippen molar-refractivity contribution in [3.05, 3.63) is 29.8 Å². The number of hydrogen-bond acceptors (Lipinski definition) is 2.